The molecule has 0 bridgehead atoms. The first kappa shape index (κ1) is 15.8. The predicted octanol–water partition coefficient (Wildman–Crippen LogP) is 4.40. The Labute approximate surface area is 132 Å². The van der Waals surface area contributed by atoms with Crippen molar-refractivity contribution in [1.29, 1.82) is 0 Å². The van der Waals surface area contributed by atoms with E-state index < -0.39 is 0 Å². The molecule has 2 aliphatic heterocycles. The molecule has 21 heavy (non-hydrogen) atoms. The third kappa shape index (κ3) is 3.17. The van der Waals surface area contributed by atoms with E-state index in [1.165, 1.54) is 57.9 Å². The summed E-state index contributed by atoms with van der Waals surface area (Å²) in [7, 11) is 0. The van der Waals surface area contributed by atoms with E-state index in [-0.39, 0.29) is 0 Å². The van der Waals surface area contributed by atoms with Crippen LogP contribution in [0, 0.1) is 17.3 Å². The van der Waals surface area contributed by atoms with Gasteiger partial charge in [-0.2, -0.15) is 0 Å². The summed E-state index contributed by atoms with van der Waals surface area (Å²) in [6.07, 6.45) is 12.2. The summed E-state index contributed by atoms with van der Waals surface area (Å²) in [5, 5.41) is 3.88. The Kier molecular flexibility index (Phi) is 4.66. The minimum Gasteiger partial charge on any atom is -0.301 e. The molecule has 2 heteroatoms. The van der Waals surface area contributed by atoms with Crippen LogP contribution in [0.2, 0.25) is 0 Å². The van der Waals surface area contributed by atoms with Gasteiger partial charge in [-0.3, -0.25) is 4.90 Å². The van der Waals surface area contributed by atoms with Gasteiger partial charge >= 0.3 is 0 Å². The van der Waals surface area contributed by atoms with Gasteiger partial charge in [0.15, 0.2) is 0 Å². The summed E-state index contributed by atoms with van der Waals surface area (Å²) in [4.78, 5) is 2.93. The van der Waals surface area contributed by atoms with Crippen LogP contribution in [0.5, 0.6) is 0 Å². The first-order valence-corrected chi connectivity index (χ1v) is 9.49. The van der Waals surface area contributed by atoms with Gasteiger partial charge in [0.25, 0.3) is 0 Å². The molecule has 4 unspecified atom stereocenters. The third-order valence-electron chi connectivity index (χ3n) is 6.56. The number of piperidine rings is 1. The highest BCUT2D eigenvalue weighted by molar-refractivity contribution is 5.01. The monoisotopic (exact) mass is 292 g/mol. The molecular formula is C19H36N2. The lowest BCUT2D eigenvalue weighted by atomic mass is 9.80. The number of hydrogen-bond acceptors (Lipinski definition) is 2. The van der Waals surface area contributed by atoms with E-state index in [1.807, 2.05) is 0 Å². The zero-order valence-electron chi connectivity index (χ0n) is 14.7. The molecular weight excluding hydrogens is 256 g/mol. The third-order valence-corrected chi connectivity index (χ3v) is 6.56. The van der Waals surface area contributed by atoms with Crippen LogP contribution in [-0.2, 0) is 0 Å². The summed E-state index contributed by atoms with van der Waals surface area (Å²) in [6, 6.07) is 1.52. The van der Waals surface area contributed by atoms with Crippen LogP contribution < -0.4 is 5.32 Å². The molecule has 3 aliphatic rings. The Morgan fingerprint density at radius 2 is 1.71 bits per heavy atom. The summed E-state index contributed by atoms with van der Waals surface area (Å²) in [6.45, 7) is 11.1. The van der Waals surface area contributed by atoms with Gasteiger partial charge in [0, 0.05) is 12.1 Å². The maximum atomic E-state index is 3.88. The zero-order chi connectivity index (χ0) is 15.0. The molecule has 0 aromatic heterocycles. The molecule has 2 saturated heterocycles. The maximum absolute atomic E-state index is 3.88. The quantitative estimate of drug-likeness (QED) is 0.811. The van der Waals surface area contributed by atoms with Crippen molar-refractivity contribution in [2.45, 2.75) is 97.3 Å². The van der Waals surface area contributed by atoms with E-state index in [4.69, 9.17) is 0 Å². The largest absolute Gasteiger partial charge is 0.301 e. The minimum absolute atomic E-state index is 0.405. The number of nitrogens with zero attached hydrogens (tertiary/aromatic N) is 1. The fourth-order valence-corrected chi connectivity index (χ4v) is 5.33. The lowest BCUT2D eigenvalue weighted by Crippen LogP contribution is -2.57. The minimum atomic E-state index is 0.405. The fraction of sp³-hybridized carbons (Fsp3) is 1.00. The average molecular weight is 293 g/mol. The fourth-order valence-electron chi connectivity index (χ4n) is 5.33. The topological polar surface area (TPSA) is 15.3 Å². The number of nitrogens with one attached hydrogen (secondary N) is 1. The molecule has 0 amide bonds. The van der Waals surface area contributed by atoms with Crippen LogP contribution in [0.15, 0.2) is 0 Å². The summed E-state index contributed by atoms with van der Waals surface area (Å²) < 4.78 is 0. The Hall–Kier alpha value is -0.0800. The van der Waals surface area contributed by atoms with Crippen molar-refractivity contribution in [3.63, 3.8) is 0 Å². The SMILES string of the molecule is CC(C1CCCCC1)N1C2NCCCC2CC1C(C)(C)C. The standard InChI is InChI=1S/C19H36N2/c1-14(15-9-6-5-7-10-15)21-17(19(2,3)4)13-16-11-8-12-20-18(16)21/h14-18,20H,5-13H2,1-4H3. The van der Waals surface area contributed by atoms with Crippen molar-refractivity contribution in [2.24, 2.45) is 17.3 Å². The predicted molar refractivity (Wildman–Crippen MR) is 90.3 cm³/mol. The zero-order valence-corrected chi connectivity index (χ0v) is 14.7. The molecule has 2 heterocycles. The molecule has 0 aromatic rings. The molecule has 1 N–H and O–H groups in total. The molecule has 4 atom stereocenters. The lowest BCUT2D eigenvalue weighted by molar-refractivity contribution is 0.0149. The average Bonchev–Trinajstić information content (AvgIpc) is 2.87. The Balaban J connectivity index is 1.80. The second kappa shape index (κ2) is 6.20. The van der Waals surface area contributed by atoms with Gasteiger partial charge in [0.05, 0.1) is 6.17 Å². The van der Waals surface area contributed by atoms with Gasteiger partial charge in [-0.1, -0.05) is 40.0 Å². The molecule has 1 aliphatic carbocycles. The summed E-state index contributed by atoms with van der Waals surface area (Å²) in [5.41, 5.74) is 0.405. The summed E-state index contributed by atoms with van der Waals surface area (Å²) in [5.74, 6) is 1.83. The van der Waals surface area contributed by atoms with E-state index in [2.05, 4.69) is 37.9 Å². The van der Waals surface area contributed by atoms with Gasteiger partial charge in [-0.05, 0) is 62.8 Å². The van der Waals surface area contributed by atoms with Crippen LogP contribution in [0.4, 0.5) is 0 Å². The number of rotatable bonds is 2. The van der Waals surface area contributed by atoms with Crippen molar-refractivity contribution in [3.8, 4) is 0 Å². The maximum Gasteiger partial charge on any atom is 0.0631 e. The van der Waals surface area contributed by atoms with Crippen molar-refractivity contribution in [3.05, 3.63) is 0 Å². The first-order valence-electron chi connectivity index (χ1n) is 9.49. The van der Waals surface area contributed by atoms with Crippen LogP contribution in [0.3, 0.4) is 0 Å². The van der Waals surface area contributed by atoms with Gasteiger partial charge in [0.2, 0.25) is 0 Å². The van der Waals surface area contributed by atoms with E-state index in [9.17, 15) is 0 Å². The van der Waals surface area contributed by atoms with Crippen molar-refractivity contribution < 1.29 is 0 Å². The first-order chi connectivity index (χ1) is 9.98. The van der Waals surface area contributed by atoms with E-state index >= 15 is 0 Å². The van der Waals surface area contributed by atoms with Crippen LogP contribution >= 0.6 is 0 Å². The van der Waals surface area contributed by atoms with Crippen molar-refractivity contribution in [1.82, 2.24) is 10.2 Å². The van der Waals surface area contributed by atoms with E-state index in [0.29, 0.717) is 11.6 Å². The normalized spacial score (nSPS) is 37.4. The second-order valence-corrected chi connectivity index (χ2v) is 9.00. The highest BCUT2D eigenvalue weighted by Crippen LogP contribution is 2.44. The molecule has 0 spiro atoms. The van der Waals surface area contributed by atoms with Gasteiger partial charge in [-0.25, -0.2) is 0 Å². The number of hydrogen-bond donors (Lipinski definition) is 1. The number of likely N-dealkylation sites (tertiary alicyclic amines) is 1. The molecule has 2 nitrogen and oxygen atoms in total. The van der Waals surface area contributed by atoms with Gasteiger partial charge < -0.3 is 5.32 Å². The molecule has 122 valence electrons. The molecule has 0 radical (unpaired) electrons. The van der Waals surface area contributed by atoms with Crippen LogP contribution in [-0.4, -0.2) is 29.7 Å². The van der Waals surface area contributed by atoms with Crippen LogP contribution in [0.1, 0.15) is 79.1 Å². The van der Waals surface area contributed by atoms with Gasteiger partial charge in [-0.15, -0.1) is 0 Å². The molecule has 3 rings (SSSR count). The Morgan fingerprint density at radius 1 is 1.00 bits per heavy atom. The Morgan fingerprint density at radius 3 is 2.38 bits per heavy atom. The smallest absolute Gasteiger partial charge is 0.0631 e. The van der Waals surface area contributed by atoms with E-state index in [1.54, 1.807) is 0 Å². The molecule has 3 fully saturated rings. The lowest BCUT2D eigenvalue weighted by Gasteiger charge is -2.46. The van der Waals surface area contributed by atoms with Gasteiger partial charge in [0.1, 0.15) is 0 Å². The van der Waals surface area contributed by atoms with Crippen LogP contribution in [0.25, 0.3) is 0 Å². The van der Waals surface area contributed by atoms with Crippen molar-refractivity contribution >= 4 is 0 Å². The Bertz CT molecular complexity index is 340. The highest BCUT2D eigenvalue weighted by atomic mass is 15.3. The second-order valence-electron chi connectivity index (χ2n) is 9.00. The molecule has 0 aromatic carbocycles. The van der Waals surface area contributed by atoms with Crippen molar-refractivity contribution in [2.75, 3.05) is 6.54 Å². The van der Waals surface area contributed by atoms with E-state index in [0.717, 1.165) is 23.9 Å². The molecule has 1 saturated carbocycles. The number of fused-ring (bicyclic) bond motifs is 1. The summed E-state index contributed by atoms with van der Waals surface area (Å²) >= 11 is 0. The highest BCUT2D eigenvalue weighted by Gasteiger charge is 2.49.